The zero-order valence-corrected chi connectivity index (χ0v) is 11.5. The van der Waals surface area contributed by atoms with Crippen LogP contribution in [0.15, 0.2) is 29.2 Å². The molecule has 1 saturated heterocycles. The molecule has 1 fully saturated rings. The van der Waals surface area contributed by atoms with Gasteiger partial charge in [-0.1, -0.05) is 18.2 Å². The molecular weight excluding hydrogens is 242 g/mol. The third-order valence-corrected chi connectivity index (χ3v) is 5.07. The summed E-state index contributed by atoms with van der Waals surface area (Å²) in [6.45, 7) is 3.04. The number of hydrogen-bond donors (Lipinski definition) is 1. The van der Waals surface area contributed by atoms with Gasteiger partial charge in [-0.3, -0.25) is 0 Å². The van der Waals surface area contributed by atoms with Gasteiger partial charge in [-0.05, 0) is 49.1 Å². The summed E-state index contributed by atoms with van der Waals surface area (Å²) in [5.74, 6) is 2.04. The van der Waals surface area contributed by atoms with Crippen LogP contribution in [0.1, 0.15) is 30.9 Å². The molecule has 1 atom stereocenters. The van der Waals surface area contributed by atoms with Crippen molar-refractivity contribution in [1.82, 2.24) is 5.32 Å². The molecule has 0 saturated carbocycles. The van der Waals surface area contributed by atoms with Gasteiger partial charge in [0.1, 0.15) is 0 Å². The normalized spacial score (nSPS) is 24.8. The summed E-state index contributed by atoms with van der Waals surface area (Å²) in [7, 11) is 0. The lowest BCUT2D eigenvalue weighted by Gasteiger charge is -2.29. The summed E-state index contributed by atoms with van der Waals surface area (Å²) < 4.78 is 5.42. The summed E-state index contributed by atoms with van der Waals surface area (Å²) in [5, 5.41) is 3.78. The van der Waals surface area contributed by atoms with E-state index in [0.29, 0.717) is 6.04 Å². The van der Waals surface area contributed by atoms with E-state index in [9.17, 15) is 0 Å². The monoisotopic (exact) mass is 263 g/mol. The van der Waals surface area contributed by atoms with Crippen molar-refractivity contribution in [2.24, 2.45) is 5.92 Å². The molecule has 2 heterocycles. The first-order valence-corrected chi connectivity index (χ1v) is 7.95. The molecule has 1 N–H and O–H groups in total. The van der Waals surface area contributed by atoms with E-state index in [1.807, 2.05) is 11.8 Å². The van der Waals surface area contributed by atoms with Crippen molar-refractivity contribution in [2.45, 2.75) is 30.2 Å². The zero-order valence-electron chi connectivity index (χ0n) is 10.7. The first-order valence-electron chi connectivity index (χ1n) is 6.96. The van der Waals surface area contributed by atoms with E-state index in [1.165, 1.54) is 35.5 Å². The molecule has 0 aromatic heterocycles. The minimum absolute atomic E-state index is 0.560. The maximum atomic E-state index is 5.42. The van der Waals surface area contributed by atoms with Crippen LogP contribution in [0.3, 0.4) is 0 Å². The molecule has 0 bridgehead atoms. The van der Waals surface area contributed by atoms with E-state index in [4.69, 9.17) is 4.74 Å². The summed E-state index contributed by atoms with van der Waals surface area (Å²) in [6.07, 6.45) is 3.69. The Kier molecular flexibility index (Phi) is 4.24. The van der Waals surface area contributed by atoms with Gasteiger partial charge in [0.25, 0.3) is 0 Å². The van der Waals surface area contributed by atoms with Crippen molar-refractivity contribution in [2.75, 3.05) is 25.5 Å². The first kappa shape index (κ1) is 12.5. The van der Waals surface area contributed by atoms with Gasteiger partial charge in [-0.25, -0.2) is 0 Å². The average molecular weight is 263 g/mol. The third kappa shape index (κ3) is 2.90. The molecule has 98 valence electrons. The number of rotatable bonds is 3. The Hall–Kier alpha value is -0.510. The molecule has 0 aliphatic carbocycles. The van der Waals surface area contributed by atoms with E-state index in [2.05, 4.69) is 29.6 Å². The third-order valence-electron chi connectivity index (χ3n) is 3.95. The molecule has 3 rings (SSSR count). The predicted octanol–water partition coefficient (Wildman–Crippen LogP) is 3.24. The second-order valence-electron chi connectivity index (χ2n) is 5.19. The van der Waals surface area contributed by atoms with Crippen molar-refractivity contribution in [1.29, 1.82) is 0 Å². The van der Waals surface area contributed by atoms with Gasteiger partial charge in [0, 0.05) is 24.2 Å². The van der Waals surface area contributed by atoms with Gasteiger partial charge in [0.2, 0.25) is 0 Å². The van der Waals surface area contributed by atoms with Crippen LogP contribution in [0.5, 0.6) is 0 Å². The quantitative estimate of drug-likeness (QED) is 0.904. The lowest BCUT2D eigenvalue weighted by atomic mass is 9.98. The molecule has 2 aliphatic rings. The second-order valence-corrected chi connectivity index (χ2v) is 6.33. The average Bonchev–Trinajstić information content (AvgIpc) is 2.46. The van der Waals surface area contributed by atoms with Gasteiger partial charge in [-0.15, -0.1) is 11.8 Å². The van der Waals surface area contributed by atoms with Gasteiger partial charge in [0.15, 0.2) is 0 Å². The van der Waals surface area contributed by atoms with Crippen LogP contribution in [0.4, 0.5) is 0 Å². The molecule has 1 aromatic rings. The van der Waals surface area contributed by atoms with Crippen LogP contribution in [-0.4, -0.2) is 25.5 Å². The molecule has 2 aliphatic heterocycles. The molecule has 0 spiro atoms. The van der Waals surface area contributed by atoms with Gasteiger partial charge < -0.3 is 10.1 Å². The van der Waals surface area contributed by atoms with E-state index in [0.717, 1.165) is 25.7 Å². The van der Waals surface area contributed by atoms with Crippen molar-refractivity contribution < 1.29 is 4.74 Å². The van der Waals surface area contributed by atoms with Crippen molar-refractivity contribution in [3.63, 3.8) is 0 Å². The highest BCUT2D eigenvalue weighted by Gasteiger charge is 2.21. The predicted molar refractivity (Wildman–Crippen MR) is 76.1 cm³/mol. The Balaban J connectivity index is 1.60. The highest BCUT2D eigenvalue weighted by atomic mass is 32.2. The second kappa shape index (κ2) is 6.09. The summed E-state index contributed by atoms with van der Waals surface area (Å²) in [4.78, 5) is 1.47. The van der Waals surface area contributed by atoms with E-state index in [1.54, 1.807) is 0 Å². The fourth-order valence-electron chi connectivity index (χ4n) is 2.81. The number of nitrogens with one attached hydrogen (secondary N) is 1. The highest BCUT2D eigenvalue weighted by Crippen LogP contribution is 2.35. The minimum atomic E-state index is 0.560. The Morgan fingerprint density at radius 2 is 2.00 bits per heavy atom. The van der Waals surface area contributed by atoms with Crippen LogP contribution >= 0.6 is 11.8 Å². The van der Waals surface area contributed by atoms with Crippen LogP contribution in [0.2, 0.25) is 0 Å². The van der Waals surface area contributed by atoms with Crippen molar-refractivity contribution >= 4 is 11.8 Å². The fourth-order valence-corrected chi connectivity index (χ4v) is 3.94. The fraction of sp³-hybridized carbons (Fsp3) is 0.600. The number of benzene rings is 1. The molecule has 0 amide bonds. The van der Waals surface area contributed by atoms with E-state index in [-0.39, 0.29) is 0 Å². The zero-order chi connectivity index (χ0) is 12.2. The Morgan fingerprint density at radius 1 is 1.17 bits per heavy atom. The van der Waals surface area contributed by atoms with Gasteiger partial charge in [-0.2, -0.15) is 0 Å². The van der Waals surface area contributed by atoms with E-state index >= 15 is 0 Å². The van der Waals surface area contributed by atoms with Crippen LogP contribution in [-0.2, 0) is 4.74 Å². The minimum Gasteiger partial charge on any atom is -0.381 e. The highest BCUT2D eigenvalue weighted by molar-refractivity contribution is 7.99. The van der Waals surface area contributed by atoms with Crippen LogP contribution < -0.4 is 5.32 Å². The smallest absolute Gasteiger partial charge is 0.0469 e. The first-order chi connectivity index (χ1) is 8.93. The number of ether oxygens (including phenoxy) is 1. The summed E-state index contributed by atoms with van der Waals surface area (Å²) in [6, 6.07) is 9.40. The number of thioether (sulfide) groups is 1. The molecule has 1 aromatic carbocycles. The molecule has 2 nitrogen and oxygen atoms in total. The lowest BCUT2D eigenvalue weighted by molar-refractivity contribution is 0.0653. The molecular formula is C15H21NOS. The maximum absolute atomic E-state index is 5.42. The molecule has 18 heavy (non-hydrogen) atoms. The summed E-state index contributed by atoms with van der Waals surface area (Å²) >= 11 is 1.99. The van der Waals surface area contributed by atoms with Crippen LogP contribution in [0, 0.1) is 5.92 Å². The lowest BCUT2D eigenvalue weighted by Crippen LogP contribution is -2.32. The SMILES string of the molecule is c1ccc2c(c1)SCCC2NCC1CCOCC1. The standard InChI is InChI=1S/C15H21NOS/c1-2-4-15-13(3-1)14(7-10-18-15)16-11-12-5-8-17-9-6-12/h1-4,12,14,16H,5-11H2. The van der Waals surface area contributed by atoms with Gasteiger partial charge >= 0.3 is 0 Å². The molecule has 0 radical (unpaired) electrons. The Labute approximate surface area is 113 Å². The topological polar surface area (TPSA) is 21.3 Å². The molecule has 3 heteroatoms. The Bertz CT molecular complexity index is 390. The number of hydrogen-bond acceptors (Lipinski definition) is 3. The number of fused-ring (bicyclic) bond motifs is 1. The maximum Gasteiger partial charge on any atom is 0.0469 e. The van der Waals surface area contributed by atoms with Crippen molar-refractivity contribution in [3.8, 4) is 0 Å². The summed E-state index contributed by atoms with van der Waals surface area (Å²) in [5.41, 5.74) is 1.50. The van der Waals surface area contributed by atoms with Gasteiger partial charge in [0.05, 0.1) is 0 Å². The molecule has 1 unspecified atom stereocenters. The van der Waals surface area contributed by atoms with Crippen molar-refractivity contribution in [3.05, 3.63) is 29.8 Å². The van der Waals surface area contributed by atoms with Crippen LogP contribution in [0.25, 0.3) is 0 Å². The van der Waals surface area contributed by atoms with E-state index < -0.39 is 0 Å². The largest absolute Gasteiger partial charge is 0.381 e. The Morgan fingerprint density at radius 3 is 2.89 bits per heavy atom.